The summed E-state index contributed by atoms with van der Waals surface area (Å²) >= 11 is 0. The molecule has 2 aromatic carbocycles. The van der Waals surface area contributed by atoms with Gasteiger partial charge < -0.3 is 15.0 Å². The number of amides is 2. The second-order valence-corrected chi connectivity index (χ2v) is 9.75. The number of carbonyl (C=O) groups excluding carboxylic acids is 2. The van der Waals surface area contributed by atoms with Crippen LogP contribution in [0.2, 0.25) is 0 Å². The van der Waals surface area contributed by atoms with Gasteiger partial charge >= 0.3 is 0 Å². The summed E-state index contributed by atoms with van der Waals surface area (Å²) in [7, 11) is 0. The van der Waals surface area contributed by atoms with Crippen LogP contribution in [-0.4, -0.2) is 59.9 Å². The zero-order valence-corrected chi connectivity index (χ0v) is 18.3. The molecule has 0 aromatic heterocycles. The first-order valence-electron chi connectivity index (χ1n) is 11.7. The second-order valence-electron chi connectivity index (χ2n) is 9.75. The summed E-state index contributed by atoms with van der Waals surface area (Å²) < 4.78 is 5.57. The summed E-state index contributed by atoms with van der Waals surface area (Å²) in [5.74, 6) is 1.59. The smallest absolute Gasteiger partial charge is 0.253 e. The Balaban J connectivity index is 1.13. The van der Waals surface area contributed by atoms with E-state index in [9.17, 15) is 9.59 Å². The fourth-order valence-corrected chi connectivity index (χ4v) is 6.22. The van der Waals surface area contributed by atoms with Gasteiger partial charge in [-0.1, -0.05) is 30.3 Å². The number of rotatable bonds is 3. The van der Waals surface area contributed by atoms with Crippen molar-refractivity contribution in [2.24, 2.45) is 11.8 Å². The Hall–Kier alpha value is -2.86. The molecule has 4 aliphatic heterocycles. The first-order chi connectivity index (χ1) is 15.6. The van der Waals surface area contributed by atoms with E-state index in [1.165, 1.54) is 5.56 Å². The van der Waals surface area contributed by atoms with E-state index in [0.29, 0.717) is 25.6 Å². The lowest BCUT2D eigenvalue weighted by Gasteiger charge is -2.42. The molecule has 6 heteroatoms. The number of carbonyl (C=O) groups is 2. The standard InChI is InChI=1S/C26H29N3O3/c30-24-21-16-28(15-18-4-2-1-3-5-18)17-22(21)26(27-24)9-11-29(12-10-26)25(31)20-6-7-23-19(14-20)8-13-32-23/h1-7,14,21-22H,8-13,15-17H2,(H,27,30)/t21-,22+/m1/s1. The lowest BCUT2D eigenvalue weighted by Crippen LogP contribution is -2.56. The topological polar surface area (TPSA) is 61.9 Å². The normalized spacial score (nSPS) is 26.0. The van der Waals surface area contributed by atoms with Crippen molar-refractivity contribution < 1.29 is 14.3 Å². The summed E-state index contributed by atoms with van der Waals surface area (Å²) in [6.07, 6.45) is 2.53. The number of ether oxygens (including phenoxy) is 1. The molecule has 0 unspecified atom stereocenters. The number of nitrogens with zero attached hydrogens (tertiary/aromatic N) is 2. The third-order valence-corrected chi connectivity index (χ3v) is 7.94. The maximum Gasteiger partial charge on any atom is 0.253 e. The quantitative estimate of drug-likeness (QED) is 0.811. The Morgan fingerprint density at radius 2 is 1.91 bits per heavy atom. The van der Waals surface area contributed by atoms with Crippen LogP contribution in [0, 0.1) is 11.8 Å². The van der Waals surface area contributed by atoms with Crippen LogP contribution >= 0.6 is 0 Å². The zero-order chi connectivity index (χ0) is 21.7. The van der Waals surface area contributed by atoms with Gasteiger partial charge in [0.05, 0.1) is 12.5 Å². The van der Waals surface area contributed by atoms with Crippen molar-refractivity contribution in [2.75, 3.05) is 32.8 Å². The largest absolute Gasteiger partial charge is 0.493 e. The number of hydrogen-bond donors (Lipinski definition) is 1. The van der Waals surface area contributed by atoms with Crippen molar-refractivity contribution in [3.63, 3.8) is 0 Å². The highest BCUT2D eigenvalue weighted by Gasteiger charge is 2.57. The molecule has 0 radical (unpaired) electrons. The van der Waals surface area contributed by atoms with Gasteiger partial charge in [0.1, 0.15) is 5.75 Å². The molecule has 4 heterocycles. The summed E-state index contributed by atoms with van der Waals surface area (Å²) in [6, 6.07) is 16.3. The minimum Gasteiger partial charge on any atom is -0.493 e. The van der Waals surface area contributed by atoms with E-state index < -0.39 is 0 Å². The maximum absolute atomic E-state index is 13.1. The van der Waals surface area contributed by atoms with Crippen LogP contribution in [0.15, 0.2) is 48.5 Å². The highest BCUT2D eigenvalue weighted by Crippen LogP contribution is 2.44. The van der Waals surface area contributed by atoms with Crippen molar-refractivity contribution in [1.82, 2.24) is 15.1 Å². The third kappa shape index (κ3) is 3.28. The highest BCUT2D eigenvalue weighted by atomic mass is 16.5. The second kappa shape index (κ2) is 7.62. The molecule has 2 aromatic rings. The Bertz CT molecular complexity index is 1050. The Morgan fingerprint density at radius 1 is 1.09 bits per heavy atom. The minimum atomic E-state index is -0.171. The molecule has 1 spiro atoms. The van der Waals surface area contributed by atoms with Crippen molar-refractivity contribution in [1.29, 1.82) is 0 Å². The molecule has 4 aliphatic rings. The van der Waals surface area contributed by atoms with Gasteiger partial charge in [0.2, 0.25) is 5.91 Å². The fraction of sp³-hybridized carbons (Fsp3) is 0.462. The maximum atomic E-state index is 13.1. The van der Waals surface area contributed by atoms with Crippen LogP contribution in [0.4, 0.5) is 0 Å². The van der Waals surface area contributed by atoms with E-state index >= 15 is 0 Å². The lowest BCUT2D eigenvalue weighted by molar-refractivity contribution is -0.123. The molecule has 166 valence electrons. The van der Waals surface area contributed by atoms with E-state index in [0.717, 1.165) is 55.8 Å². The molecular weight excluding hydrogens is 402 g/mol. The van der Waals surface area contributed by atoms with Gasteiger partial charge in [-0.25, -0.2) is 0 Å². The molecule has 1 N–H and O–H groups in total. The van der Waals surface area contributed by atoms with Crippen molar-refractivity contribution in [2.45, 2.75) is 31.3 Å². The number of fused-ring (bicyclic) bond motifs is 3. The number of piperidine rings is 1. The van der Waals surface area contributed by atoms with Gasteiger partial charge in [-0.3, -0.25) is 14.5 Å². The van der Waals surface area contributed by atoms with Gasteiger partial charge in [-0.2, -0.15) is 0 Å². The average Bonchev–Trinajstić information content (AvgIpc) is 3.51. The fourth-order valence-electron chi connectivity index (χ4n) is 6.22. The molecule has 32 heavy (non-hydrogen) atoms. The number of hydrogen-bond acceptors (Lipinski definition) is 4. The Kier molecular flexibility index (Phi) is 4.72. The number of nitrogens with one attached hydrogen (secondary N) is 1. The lowest BCUT2D eigenvalue weighted by atomic mass is 9.75. The number of benzene rings is 2. The van der Waals surface area contributed by atoms with E-state index in [4.69, 9.17) is 4.74 Å². The van der Waals surface area contributed by atoms with E-state index in [2.05, 4.69) is 34.5 Å². The summed E-state index contributed by atoms with van der Waals surface area (Å²) in [4.78, 5) is 30.4. The van der Waals surface area contributed by atoms with E-state index in [1.54, 1.807) is 0 Å². The van der Waals surface area contributed by atoms with Crippen LogP contribution in [0.25, 0.3) is 0 Å². The van der Waals surface area contributed by atoms with Gasteiger partial charge in [0, 0.05) is 56.2 Å². The highest BCUT2D eigenvalue weighted by molar-refractivity contribution is 5.95. The monoisotopic (exact) mass is 431 g/mol. The predicted octanol–water partition coefficient (Wildman–Crippen LogP) is 2.47. The van der Waals surface area contributed by atoms with Crippen molar-refractivity contribution in [3.05, 3.63) is 65.2 Å². The summed E-state index contributed by atoms with van der Waals surface area (Å²) in [6.45, 7) is 4.74. The summed E-state index contributed by atoms with van der Waals surface area (Å²) in [5.41, 5.74) is 2.99. The Labute approximate surface area is 188 Å². The molecule has 2 amide bonds. The van der Waals surface area contributed by atoms with E-state index in [-0.39, 0.29) is 23.3 Å². The van der Waals surface area contributed by atoms with Gasteiger partial charge in [0.15, 0.2) is 0 Å². The molecule has 6 rings (SSSR count). The van der Waals surface area contributed by atoms with Crippen LogP contribution < -0.4 is 10.1 Å². The molecule has 2 atom stereocenters. The molecule has 3 saturated heterocycles. The van der Waals surface area contributed by atoms with Crippen molar-refractivity contribution >= 4 is 11.8 Å². The van der Waals surface area contributed by atoms with Gasteiger partial charge in [-0.05, 0) is 42.2 Å². The molecule has 0 aliphatic carbocycles. The molecule has 3 fully saturated rings. The van der Waals surface area contributed by atoms with Crippen LogP contribution in [0.1, 0.15) is 34.3 Å². The van der Waals surface area contributed by atoms with Crippen LogP contribution in [-0.2, 0) is 17.8 Å². The first kappa shape index (κ1) is 19.8. The third-order valence-electron chi connectivity index (χ3n) is 7.94. The SMILES string of the molecule is O=C1NC2(CCN(C(=O)c3ccc4c(c3)CCO4)CC2)[C@H]2CN(Cc3ccccc3)C[C@@H]12. The van der Waals surface area contributed by atoms with Crippen LogP contribution in [0.3, 0.4) is 0 Å². The van der Waals surface area contributed by atoms with Crippen LogP contribution in [0.5, 0.6) is 5.75 Å². The molecular formula is C26H29N3O3. The molecule has 0 saturated carbocycles. The molecule has 0 bridgehead atoms. The molecule has 6 nitrogen and oxygen atoms in total. The zero-order valence-electron chi connectivity index (χ0n) is 18.3. The van der Waals surface area contributed by atoms with Crippen molar-refractivity contribution in [3.8, 4) is 5.75 Å². The van der Waals surface area contributed by atoms with Gasteiger partial charge in [0.25, 0.3) is 5.91 Å². The van der Waals surface area contributed by atoms with Gasteiger partial charge in [-0.15, -0.1) is 0 Å². The van der Waals surface area contributed by atoms with E-state index in [1.807, 2.05) is 29.2 Å². The Morgan fingerprint density at radius 3 is 2.72 bits per heavy atom. The minimum absolute atomic E-state index is 0.0673. The number of likely N-dealkylation sites (tertiary alicyclic amines) is 2. The summed E-state index contributed by atoms with van der Waals surface area (Å²) in [5, 5.41) is 3.37. The predicted molar refractivity (Wildman–Crippen MR) is 120 cm³/mol. The first-order valence-corrected chi connectivity index (χ1v) is 11.7. The average molecular weight is 432 g/mol.